The zero-order chi connectivity index (χ0) is 14.2. The van der Waals surface area contributed by atoms with Gasteiger partial charge in [-0.25, -0.2) is 17.2 Å². The van der Waals surface area contributed by atoms with Crippen molar-refractivity contribution in [1.29, 1.82) is 0 Å². The second-order valence-electron chi connectivity index (χ2n) is 4.69. The van der Waals surface area contributed by atoms with Gasteiger partial charge in [0.15, 0.2) is 9.84 Å². The highest BCUT2D eigenvalue weighted by atomic mass is 32.2. The molecule has 2 N–H and O–H groups in total. The van der Waals surface area contributed by atoms with Crippen LogP contribution < -0.4 is 10.5 Å². The highest BCUT2D eigenvalue weighted by Gasteiger charge is 2.35. The average Bonchev–Trinajstić information content (AvgIpc) is 2.68. The summed E-state index contributed by atoms with van der Waals surface area (Å²) in [6, 6.07) is 1.12. The second-order valence-corrected chi connectivity index (χ2v) is 6.92. The summed E-state index contributed by atoms with van der Waals surface area (Å²) in [5.41, 5.74) is 5.55. The van der Waals surface area contributed by atoms with E-state index in [1.165, 1.54) is 7.11 Å². The van der Waals surface area contributed by atoms with Crippen LogP contribution in [0.2, 0.25) is 0 Å². The van der Waals surface area contributed by atoms with Crippen molar-refractivity contribution in [3.8, 4) is 5.75 Å². The zero-order valence-corrected chi connectivity index (χ0v) is 11.2. The van der Waals surface area contributed by atoms with Gasteiger partial charge in [0.05, 0.1) is 18.6 Å². The molecular weight excluding hydrogens is 276 g/mol. The Bertz CT molecular complexity index is 566. The van der Waals surface area contributed by atoms with Crippen molar-refractivity contribution >= 4 is 9.84 Å². The Morgan fingerprint density at radius 2 is 1.95 bits per heavy atom. The quantitative estimate of drug-likeness (QED) is 0.914. The summed E-state index contributed by atoms with van der Waals surface area (Å²) in [7, 11) is -1.83. The van der Waals surface area contributed by atoms with Crippen molar-refractivity contribution in [3.05, 3.63) is 29.3 Å². The van der Waals surface area contributed by atoms with E-state index in [1.807, 2.05) is 0 Å². The lowest BCUT2D eigenvalue weighted by Crippen LogP contribution is -2.24. The number of rotatable bonds is 3. The lowest BCUT2D eigenvalue weighted by atomic mass is 9.92. The minimum absolute atomic E-state index is 0.0186. The molecule has 1 aromatic rings. The largest absolute Gasteiger partial charge is 0.497 e. The average molecular weight is 291 g/mol. The SMILES string of the molecule is COc1cc(F)c(C(N)C2CCS(=O)(=O)C2)c(F)c1. The normalized spacial score (nSPS) is 23.3. The van der Waals surface area contributed by atoms with Crippen molar-refractivity contribution in [2.45, 2.75) is 12.5 Å². The fraction of sp³-hybridized carbons (Fsp3) is 0.500. The molecule has 1 heterocycles. The maximum Gasteiger partial charge on any atom is 0.150 e. The van der Waals surface area contributed by atoms with Crippen molar-refractivity contribution in [2.24, 2.45) is 11.7 Å². The van der Waals surface area contributed by atoms with Gasteiger partial charge in [0, 0.05) is 23.7 Å². The van der Waals surface area contributed by atoms with Gasteiger partial charge in [-0.05, 0) is 12.3 Å². The third-order valence-corrected chi connectivity index (χ3v) is 5.19. The van der Waals surface area contributed by atoms with Gasteiger partial charge < -0.3 is 10.5 Å². The molecule has 1 aromatic carbocycles. The lowest BCUT2D eigenvalue weighted by molar-refractivity contribution is 0.396. The first-order chi connectivity index (χ1) is 8.84. The van der Waals surface area contributed by atoms with Gasteiger partial charge in [0.1, 0.15) is 17.4 Å². The minimum Gasteiger partial charge on any atom is -0.497 e. The van der Waals surface area contributed by atoms with E-state index >= 15 is 0 Å². The van der Waals surface area contributed by atoms with E-state index in [1.54, 1.807) is 0 Å². The molecule has 2 unspecified atom stereocenters. The molecule has 1 aliphatic rings. The summed E-state index contributed by atoms with van der Waals surface area (Å²) in [4.78, 5) is 0. The first-order valence-corrected chi connectivity index (χ1v) is 7.65. The third kappa shape index (κ3) is 2.87. The van der Waals surface area contributed by atoms with Gasteiger partial charge in [-0.1, -0.05) is 0 Å². The van der Waals surface area contributed by atoms with Crippen LogP contribution in [0.4, 0.5) is 8.78 Å². The van der Waals surface area contributed by atoms with E-state index < -0.39 is 33.4 Å². The molecule has 1 saturated heterocycles. The molecule has 1 aliphatic heterocycles. The summed E-state index contributed by atoms with van der Waals surface area (Å²) in [6.07, 6.45) is 0.328. The molecule has 7 heteroatoms. The minimum atomic E-state index is -3.14. The maximum absolute atomic E-state index is 13.8. The topological polar surface area (TPSA) is 69.4 Å². The highest BCUT2D eigenvalue weighted by Crippen LogP contribution is 2.33. The van der Waals surface area contributed by atoms with Crippen LogP contribution in [0.5, 0.6) is 5.75 Å². The summed E-state index contributed by atoms with van der Waals surface area (Å²) >= 11 is 0. The van der Waals surface area contributed by atoms with E-state index in [0.717, 1.165) is 12.1 Å². The van der Waals surface area contributed by atoms with Crippen LogP contribution in [-0.2, 0) is 9.84 Å². The highest BCUT2D eigenvalue weighted by molar-refractivity contribution is 7.91. The van der Waals surface area contributed by atoms with Crippen molar-refractivity contribution in [3.63, 3.8) is 0 Å². The van der Waals surface area contributed by atoms with Gasteiger partial charge in [0.25, 0.3) is 0 Å². The Morgan fingerprint density at radius 1 is 1.37 bits per heavy atom. The molecule has 0 amide bonds. The molecule has 2 atom stereocenters. The fourth-order valence-electron chi connectivity index (χ4n) is 2.34. The van der Waals surface area contributed by atoms with Crippen LogP contribution in [0.3, 0.4) is 0 Å². The van der Waals surface area contributed by atoms with E-state index in [4.69, 9.17) is 10.5 Å². The Morgan fingerprint density at radius 3 is 2.37 bits per heavy atom. The Labute approximate surface area is 110 Å². The predicted octanol–water partition coefficient (Wildman–Crippen LogP) is 1.41. The summed E-state index contributed by atoms with van der Waals surface area (Å²) < 4.78 is 55.2. The number of ether oxygens (including phenoxy) is 1. The molecule has 0 bridgehead atoms. The van der Waals surface area contributed by atoms with Crippen molar-refractivity contribution in [2.75, 3.05) is 18.6 Å². The van der Waals surface area contributed by atoms with Crippen LogP contribution in [-0.4, -0.2) is 27.0 Å². The van der Waals surface area contributed by atoms with Gasteiger partial charge >= 0.3 is 0 Å². The molecule has 0 saturated carbocycles. The third-order valence-electron chi connectivity index (χ3n) is 3.40. The number of methoxy groups -OCH3 is 1. The molecule has 1 fully saturated rings. The van der Waals surface area contributed by atoms with Crippen LogP contribution in [0.25, 0.3) is 0 Å². The molecular formula is C12H15F2NO3S. The Hall–Kier alpha value is -1.21. The van der Waals surface area contributed by atoms with E-state index in [0.29, 0.717) is 6.42 Å². The second kappa shape index (κ2) is 5.05. The first-order valence-electron chi connectivity index (χ1n) is 5.83. The molecule has 4 nitrogen and oxygen atoms in total. The van der Waals surface area contributed by atoms with Crippen LogP contribution >= 0.6 is 0 Å². The molecule has 0 spiro atoms. The van der Waals surface area contributed by atoms with Crippen LogP contribution in [0.1, 0.15) is 18.0 Å². The first kappa shape index (κ1) is 14.2. The monoisotopic (exact) mass is 291 g/mol. The van der Waals surface area contributed by atoms with E-state index in [9.17, 15) is 17.2 Å². The summed E-state index contributed by atoms with van der Waals surface area (Å²) in [6.45, 7) is 0. The molecule has 0 radical (unpaired) electrons. The van der Waals surface area contributed by atoms with Gasteiger partial charge in [-0.2, -0.15) is 0 Å². The van der Waals surface area contributed by atoms with Crippen molar-refractivity contribution < 1.29 is 21.9 Å². The maximum atomic E-state index is 13.8. The number of hydrogen-bond donors (Lipinski definition) is 1. The van der Waals surface area contributed by atoms with E-state index in [2.05, 4.69) is 0 Å². The number of hydrogen-bond acceptors (Lipinski definition) is 4. The fourth-order valence-corrected chi connectivity index (χ4v) is 4.19. The number of benzene rings is 1. The molecule has 19 heavy (non-hydrogen) atoms. The van der Waals surface area contributed by atoms with Crippen LogP contribution in [0, 0.1) is 17.6 Å². The number of halogens is 2. The smallest absolute Gasteiger partial charge is 0.150 e. The zero-order valence-electron chi connectivity index (χ0n) is 10.4. The number of sulfone groups is 1. The summed E-state index contributed by atoms with van der Waals surface area (Å²) in [5.74, 6) is -2.13. The van der Waals surface area contributed by atoms with Gasteiger partial charge in [-0.15, -0.1) is 0 Å². The molecule has 106 valence electrons. The molecule has 2 rings (SSSR count). The number of nitrogens with two attached hydrogens (primary N) is 1. The Balaban J connectivity index is 2.32. The molecule has 0 aromatic heterocycles. The summed E-state index contributed by atoms with van der Waals surface area (Å²) in [5, 5.41) is 0. The van der Waals surface area contributed by atoms with Gasteiger partial charge in [-0.3, -0.25) is 0 Å². The standard InChI is InChI=1S/C12H15F2NO3S/c1-18-8-4-9(13)11(10(14)5-8)12(15)7-2-3-19(16,17)6-7/h4-5,7,12H,2-3,6,15H2,1H3. The van der Waals surface area contributed by atoms with E-state index in [-0.39, 0.29) is 22.8 Å². The van der Waals surface area contributed by atoms with Crippen LogP contribution in [0.15, 0.2) is 12.1 Å². The van der Waals surface area contributed by atoms with Gasteiger partial charge in [0.2, 0.25) is 0 Å². The Kier molecular flexibility index (Phi) is 3.78. The predicted molar refractivity (Wildman–Crippen MR) is 66.6 cm³/mol. The lowest BCUT2D eigenvalue weighted by Gasteiger charge is -2.19. The molecule has 0 aliphatic carbocycles. The van der Waals surface area contributed by atoms with Crippen molar-refractivity contribution in [1.82, 2.24) is 0 Å².